The van der Waals surface area contributed by atoms with Gasteiger partial charge >= 0.3 is 0 Å². The van der Waals surface area contributed by atoms with Crippen LogP contribution in [0, 0.1) is 0 Å². The topological polar surface area (TPSA) is 90.6 Å². The van der Waals surface area contributed by atoms with Gasteiger partial charge in [0.15, 0.2) is 5.65 Å². The molecule has 0 saturated heterocycles. The molecule has 8 heteroatoms. The molecular formula is C23H21N5O3. The number of amides is 1. The van der Waals surface area contributed by atoms with Crippen LogP contribution in [-0.2, 0) is 13.0 Å². The quantitative estimate of drug-likeness (QED) is 0.535. The lowest BCUT2D eigenvalue weighted by Gasteiger charge is -2.17. The number of carbonyl (C=O) groups excluding carboxylic acids is 1. The predicted molar refractivity (Wildman–Crippen MR) is 114 cm³/mol. The molecule has 1 aliphatic rings. The number of benzene rings is 1. The second-order valence-corrected chi connectivity index (χ2v) is 8.04. The zero-order valence-electron chi connectivity index (χ0n) is 17.2. The molecule has 0 fully saturated rings. The van der Waals surface area contributed by atoms with Gasteiger partial charge in [0.1, 0.15) is 29.3 Å². The van der Waals surface area contributed by atoms with Crippen LogP contribution in [0.2, 0.25) is 0 Å². The van der Waals surface area contributed by atoms with Crippen LogP contribution in [-0.4, -0.2) is 31.1 Å². The average molecular weight is 415 g/mol. The first kappa shape index (κ1) is 19.0. The summed E-state index contributed by atoms with van der Waals surface area (Å²) >= 11 is 0. The summed E-state index contributed by atoms with van der Waals surface area (Å²) in [5.74, 6) is 0.984. The predicted octanol–water partition coefficient (Wildman–Crippen LogP) is 3.67. The summed E-state index contributed by atoms with van der Waals surface area (Å²) in [5, 5.41) is 7.16. The van der Waals surface area contributed by atoms with Gasteiger partial charge in [0.2, 0.25) is 0 Å². The number of aromatic nitrogens is 4. The molecule has 0 aliphatic carbocycles. The van der Waals surface area contributed by atoms with Crippen LogP contribution in [0.1, 0.15) is 35.3 Å². The van der Waals surface area contributed by atoms with Gasteiger partial charge in [0.25, 0.3) is 5.91 Å². The molecule has 0 unspecified atom stereocenters. The van der Waals surface area contributed by atoms with Gasteiger partial charge in [-0.25, -0.2) is 9.50 Å². The smallest absolute Gasteiger partial charge is 0.261 e. The van der Waals surface area contributed by atoms with Crippen molar-refractivity contribution in [2.75, 3.05) is 5.32 Å². The van der Waals surface area contributed by atoms with Crippen molar-refractivity contribution in [3.8, 4) is 11.5 Å². The van der Waals surface area contributed by atoms with E-state index in [1.54, 1.807) is 35.4 Å². The summed E-state index contributed by atoms with van der Waals surface area (Å²) in [6.45, 7) is 4.38. The van der Waals surface area contributed by atoms with E-state index in [-0.39, 0.29) is 11.5 Å². The fraction of sp³-hybridized carbons (Fsp3) is 0.217. The first-order valence-electron chi connectivity index (χ1n) is 9.96. The maximum atomic E-state index is 13.0. The Labute approximate surface area is 178 Å². The van der Waals surface area contributed by atoms with Crippen LogP contribution in [0.4, 0.5) is 5.69 Å². The van der Waals surface area contributed by atoms with E-state index in [1.165, 1.54) is 6.20 Å². The van der Waals surface area contributed by atoms with Gasteiger partial charge in [-0.1, -0.05) is 6.07 Å². The fourth-order valence-electron chi connectivity index (χ4n) is 3.67. The van der Waals surface area contributed by atoms with Crippen molar-refractivity contribution < 1.29 is 14.3 Å². The average Bonchev–Trinajstić information content (AvgIpc) is 3.32. The molecule has 5 rings (SSSR count). The van der Waals surface area contributed by atoms with E-state index in [2.05, 4.69) is 20.4 Å². The highest BCUT2D eigenvalue weighted by molar-refractivity contribution is 6.08. The summed E-state index contributed by atoms with van der Waals surface area (Å²) in [5.41, 5.74) is 3.08. The Morgan fingerprint density at radius 1 is 1.26 bits per heavy atom. The van der Waals surface area contributed by atoms with Gasteiger partial charge in [-0.05, 0) is 32.0 Å². The van der Waals surface area contributed by atoms with Crippen LogP contribution in [0.3, 0.4) is 0 Å². The summed E-state index contributed by atoms with van der Waals surface area (Å²) in [6.07, 6.45) is 9.09. The Morgan fingerprint density at radius 2 is 2.16 bits per heavy atom. The zero-order valence-corrected chi connectivity index (χ0v) is 17.2. The molecule has 0 radical (unpaired) electrons. The molecule has 31 heavy (non-hydrogen) atoms. The van der Waals surface area contributed by atoms with Crippen molar-refractivity contribution in [1.29, 1.82) is 0 Å². The van der Waals surface area contributed by atoms with Crippen molar-refractivity contribution in [1.82, 2.24) is 19.6 Å². The van der Waals surface area contributed by atoms with Gasteiger partial charge in [-0.2, -0.15) is 5.10 Å². The van der Waals surface area contributed by atoms with E-state index in [4.69, 9.17) is 9.47 Å². The van der Waals surface area contributed by atoms with Crippen LogP contribution in [0.15, 0.2) is 61.3 Å². The van der Waals surface area contributed by atoms with Gasteiger partial charge in [0, 0.05) is 48.4 Å². The summed E-state index contributed by atoms with van der Waals surface area (Å²) in [6, 6.07) is 9.30. The molecule has 0 spiro atoms. The molecule has 8 nitrogen and oxygen atoms in total. The number of hydrogen-bond acceptors (Lipinski definition) is 6. The van der Waals surface area contributed by atoms with Crippen molar-refractivity contribution in [3.05, 3.63) is 78.0 Å². The highest BCUT2D eigenvalue weighted by Gasteiger charge is 2.31. The van der Waals surface area contributed by atoms with Crippen molar-refractivity contribution in [2.24, 2.45) is 0 Å². The molecule has 0 saturated carbocycles. The van der Waals surface area contributed by atoms with E-state index >= 15 is 0 Å². The lowest BCUT2D eigenvalue weighted by atomic mass is 10.0. The number of pyridine rings is 1. The number of nitrogens with zero attached hydrogens (tertiary/aromatic N) is 4. The van der Waals surface area contributed by atoms with E-state index in [9.17, 15) is 4.79 Å². The van der Waals surface area contributed by atoms with Crippen LogP contribution < -0.4 is 14.8 Å². The Hall–Kier alpha value is -3.94. The van der Waals surface area contributed by atoms with Crippen molar-refractivity contribution >= 4 is 17.2 Å². The molecule has 1 amide bonds. The van der Waals surface area contributed by atoms with E-state index < -0.39 is 0 Å². The maximum Gasteiger partial charge on any atom is 0.261 e. The molecule has 1 aromatic carbocycles. The van der Waals surface area contributed by atoms with Crippen LogP contribution in [0.5, 0.6) is 11.5 Å². The summed E-state index contributed by atoms with van der Waals surface area (Å²) < 4.78 is 13.7. The lowest BCUT2D eigenvalue weighted by molar-refractivity contribution is 0.102. The third kappa shape index (κ3) is 3.79. The summed E-state index contributed by atoms with van der Waals surface area (Å²) in [7, 11) is 0. The fourth-order valence-corrected chi connectivity index (χ4v) is 3.67. The zero-order chi connectivity index (χ0) is 21.4. The number of hydrogen-bond donors (Lipinski definition) is 1. The molecule has 4 heterocycles. The van der Waals surface area contributed by atoms with E-state index in [1.807, 2.05) is 38.1 Å². The number of fused-ring (bicyclic) bond motifs is 2. The Kier molecular flexibility index (Phi) is 4.54. The molecule has 0 atom stereocenters. The molecule has 1 aliphatic heterocycles. The Balaban J connectivity index is 1.46. The normalized spacial score (nSPS) is 14.1. The van der Waals surface area contributed by atoms with Crippen molar-refractivity contribution in [2.45, 2.75) is 32.5 Å². The van der Waals surface area contributed by atoms with Crippen LogP contribution >= 0.6 is 0 Å². The third-order valence-corrected chi connectivity index (χ3v) is 5.05. The number of anilines is 1. The Bertz CT molecular complexity index is 1270. The molecule has 3 aromatic heterocycles. The maximum absolute atomic E-state index is 13.0. The second-order valence-electron chi connectivity index (χ2n) is 8.04. The minimum atomic E-state index is -0.308. The molecule has 156 valence electrons. The van der Waals surface area contributed by atoms with E-state index in [0.29, 0.717) is 29.3 Å². The summed E-state index contributed by atoms with van der Waals surface area (Å²) in [4.78, 5) is 21.4. The minimum absolute atomic E-state index is 0.307. The third-order valence-electron chi connectivity index (χ3n) is 5.05. The number of carbonyl (C=O) groups is 1. The molecule has 1 N–H and O–H groups in total. The van der Waals surface area contributed by atoms with Gasteiger partial charge in [-0.15, -0.1) is 0 Å². The molecule has 4 aromatic rings. The Morgan fingerprint density at radius 3 is 3.00 bits per heavy atom. The monoisotopic (exact) mass is 415 g/mol. The number of nitrogens with one attached hydrogen (secondary N) is 1. The van der Waals surface area contributed by atoms with Crippen LogP contribution in [0.25, 0.3) is 5.65 Å². The number of ether oxygens (including phenoxy) is 2. The largest absolute Gasteiger partial charge is 0.487 e. The van der Waals surface area contributed by atoms with Gasteiger partial charge in [0.05, 0.1) is 11.9 Å². The number of rotatable bonds is 5. The first-order chi connectivity index (χ1) is 15.0. The van der Waals surface area contributed by atoms with Gasteiger partial charge < -0.3 is 14.8 Å². The SMILES string of the molecule is CC1(C)Cc2cc(NC(=O)c3cnn4cccnc34)c(OCc3cccnc3)cc2O1. The van der Waals surface area contributed by atoms with E-state index in [0.717, 1.165) is 23.3 Å². The highest BCUT2D eigenvalue weighted by atomic mass is 16.5. The lowest BCUT2D eigenvalue weighted by Crippen LogP contribution is -2.24. The highest BCUT2D eigenvalue weighted by Crippen LogP contribution is 2.41. The first-order valence-corrected chi connectivity index (χ1v) is 9.96. The van der Waals surface area contributed by atoms with Gasteiger partial charge in [-0.3, -0.25) is 9.78 Å². The molecule has 0 bridgehead atoms. The minimum Gasteiger partial charge on any atom is -0.487 e. The molecular weight excluding hydrogens is 394 g/mol. The van der Waals surface area contributed by atoms with Crippen molar-refractivity contribution in [3.63, 3.8) is 0 Å². The standard InChI is InChI=1S/C23H21N5O3/c1-23(2)11-16-9-18(27-22(29)17-13-26-28-8-4-7-25-21(17)28)20(10-19(16)31-23)30-14-15-5-3-6-24-12-15/h3-10,12-13H,11,14H2,1-2H3,(H,27,29). The second kappa shape index (κ2) is 7.39.